The number of ether oxygens (including phenoxy) is 1. The topological polar surface area (TPSA) is 29.5 Å². The highest BCUT2D eigenvalue weighted by molar-refractivity contribution is 5.59. The smallest absolute Gasteiger partial charge is 0.127 e. The Kier molecular flexibility index (Phi) is 5.19. The van der Waals surface area contributed by atoms with E-state index in [1.807, 2.05) is 0 Å². The van der Waals surface area contributed by atoms with E-state index in [0.29, 0.717) is 6.10 Å². The third kappa shape index (κ3) is 3.55. The molecule has 2 fully saturated rings. The van der Waals surface area contributed by atoms with E-state index in [2.05, 4.69) is 4.90 Å². The van der Waals surface area contributed by atoms with Crippen LogP contribution in [0.3, 0.4) is 0 Å². The van der Waals surface area contributed by atoms with Gasteiger partial charge in [0.05, 0.1) is 6.10 Å². The molecule has 3 heteroatoms. The Morgan fingerprint density at radius 1 is 1.17 bits per heavy atom. The number of nitrogens with zero attached hydrogens (tertiary/aromatic N) is 1. The SMILES string of the molecule is COC1CCN(CC2(C=O)CCCCCC2)CC1. The second-order valence-electron chi connectivity index (χ2n) is 6.11. The van der Waals surface area contributed by atoms with Gasteiger partial charge in [0, 0.05) is 32.2 Å². The third-order valence-corrected chi connectivity index (χ3v) is 4.76. The number of carbonyl (C=O) groups excluding carboxylic acids is 1. The van der Waals surface area contributed by atoms with Crippen LogP contribution in [-0.4, -0.2) is 44.0 Å². The monoisotopic (exact) mass is 253 g/mol. The van der Waals surface area contributed by atoms with Crippen molar-refractivity contribution in [3.05, 3.63) is 0 Å². The Hall–Kier alpha value is -0.410. The first-order valence-corrected chi connectivity index (χ1v) is 7.49. The molecule has 0 spiro atoms. The largest absolute Gasteiger partial charge is 0.381 e. The molecule has 3 nitrogen and oxygen atoms in total. The van der Waals surface area contributed by atoms with Crippen molar-refractivity contribution >= 4 is 6.29 Å². The van der Waals surface area contributed by atoms with Crippen LogP contribution < -0.4 is 0 Å². The molecule has 18 heavy (non-hydrogen) atoms. The Bertz CT molecular complexity index is 251. The van der Waals surface area contributed by atoms with Gasteiger partial charge in [-0.1, -0.05) is 25.7 Å². The summed E-state index contributed by atoms with van der Waals surface area (Å²) in [4.78, 5) is 14.1. The molecule has 0 bridgehead atoms. The number of likely N-dealkylation sites (tertiary alicyclic amines) is 1. The summed E-state index contributed by atoms with van der Waals surface area (Å²) < 4.78 is 5.40. The molecule has 1 saturated carbocycles. The summed E-state index contributed by atoms with van der Waals surface area (Å²) in [6.45, 7) is 3.16. The number of methoxy groups -OCH3 is 1. The predicted molar refractivity (Wildman–Crippen MR) is 72.7 cm³/mol. The van der Waals surface area contributed by atoms with Gasteiger partial charge >= 0.3 is 0 Å². The normalized spacial score (nSPS) is 26.7. The summed E-state index contributed by atoms with van der Waals surface area (Å²) in [6.07, 6.45) is 11.2. The van der Waals surface area contributed by atoms with Gasteiger partial charge in [-0.3, -0.25) is 0 Å². The molecule has 0 unspecified atom stereocenters. The fourth-order valence-electron chi connectivity index (χ4n) is 3.49. The molecular formula is C15H27NO2. The van der Waals surface area contributed by atoms with Crippen molar-refractivity contribution in [2.45, 2.75) is 57.5 Å². The Balaban J connectivity index is 1.87. The van der Waals surface area contributed by atoms with E-state index in [-0.39, 0.29) is 5.41 Å². The minimum atomic E-state index is -0.0452. The van der Waals surface area contributed by atoms with Gasteiger partial charge in [-0.05, 0) is 25.7 Å². The van der Waals surface area contributed by atoms with Gasteiger partial charge in [-0.15, -0.1) is 0 Å². The van der Waals surface area contributed by atoms with Crippen LogP contribution in [-0.2, 0) is 9.53 Å². The minimum Gasteiger partial charge on any atom is -0.381 e. The molecule has 1 heterocycles. The number of hydrogen-bond donors (Lipinski definition) is 0. The van der Waals surface area contributed by atoms with Crippen LogP contribution >= 0.6 is 0 Å². The van der Waals surface area contributed by atoms with E-state index in [9.17, 15) is 4.79 Å². The molecule has 0 N–H and O–H groups in total. The lowest BCUT2D eigenvalue weighted by molar-refractivity contribution is -0.118. The molecule has 2 aliphatic rings. The second-order valence-corrected chi connectivity index (χ2v) is 6.11. The first-order valence-electron chi connectivity index (χ1n) is 7.49. The van der Waals surface area contributed by atoms with Crippen LogP contribution in [0, 0.1) is 5.41 Å². The quantitative estimate of drug-likeness (QED) is 0.570. The zero-order chi connectivity index (χ0) is 12.8. The minimum absolute atomic E-state index is 0.0452. The van der Waals surface area contributed by atoms with E-state index in [1.54, 1.807) is 7.11 Å². The summed E-state index contributed by atoms with van der Waals surface area (Å²) in [5.74, 6) is 0. The fraction of sp³-hybridized carbons (Fsp3) is 0.933. The maximum Gasteiger partial charge on any atom is 0.127 e. The molecular weight excluding hydrogens is 226 g/mol. The molecule has 0 radical (unpaired) electrons. The molecule has 0 aromatic rings. The lowest BCUT2D eigenvalue weighted by atomic mass is 9.81. The molecule has 0 aromatic carbocycles. The van der Waals surface area contributed by atoms with E-state index >= 15 is 0 Å². The molecule has 1 aliphatic heterocycles. The van der Waals surface area contributed by atoms with Gasteiger partial charge in [0.25, 0.3) is 0 Å². The van der Waals surface area contributed by atoms with Crippen molar-refractivity contribution < 1.29 is 9.53 Å². The Morgan fingerprint density at radius 2 is 1.78 bits per heavy atom. The van der Waals surface area contributed by atoms with Gasteiger partial charge in [-0.2, -0.15) is 0 Å². The molecule has 104 valence electrons. The van der Waals surface area contributed by atoms with Crippen LogP contribution in [0.5, 0.6) is 0 Å². The summed E-state index contributed by atoms with van der Waals surface area (Å²) in [5.41, 5.74) is -0.0452. The Labute approximate surface area is 111 Å². The maximum atomic E-state index is 11.6. The van der Waals surface area contributed by atoms with Gasteiger partial charge in [0.2, 0.25) is 0 Å². The van der Waals surface area contributed by atoms with Gasteiger partial charge in [-0.25, -0.2) is 0 Å². The molecule has 0 atom stereocenters. The zero-order valence-corrected chi connectivity index (χ0v) is 11.7. The van der Waals surface area contributed by atoms with Crippen molar-refractivity contribution in [1.29, 1.82) is 0 Å². The average Bonchev–Trinajstić information content (AvgIpc) is 2.66. The van der Waals surface area contributed by atoms with Crippen LogP contribution in [0.25, 0.3) is 0 Å². The first kappa shape index (κ1) is 14.0. The van der Waals surface area contributed by atoms with Crippen LogP contribution in [0.2, 0.25) is 0 Å². The highest BCUT2D eigenvalue weighted by Gasteiger charge is 2.33. The summed E-state index contributed by atoms with van der Waals surface area (Å²) in [5, 5.41) is 0. The standard InChI is InChI=1S/C15H27NO2/c1-18-14-6-10-16(11-7-14)12-15(13-17)8-4-2-3-5-9-15/h13-14H,2-12H2,1H3. The first-order chi connectivity index (χ1) is 8.78. The Morgan fingerprint density at radius 3 is 2.28 bits per heavy atom. The zero-order valence-electron chi connectivity index (χ0n) is 11.7. The van der Waals surface area contributed by atoms with Crippen molar-refractivity contribution in [3.63, 3.8) is 0 Å². The van der Waals surface area contributed by atoms with E-state index < -0.39 is 0 Å². The van der Waals surface area contributed by atoms with Crippen molar-refractivity contribution in [3.8, 4) is 0 Å². The van der Waals surface area contributed by atoms with Crippen LogP contribution in [0.1, 0.15) is 51.4 Å². The highest BCUT2D eigenvalue weighted by atomic mass is 16.5. The lowest BCUT2D eigenvalue weighted by Gasteiger charge is -2.37. The van der Waals surface area contributed by atoms with Gasteiger partial charge in [0.15, 0.2) is 0 Å². The lowest BCUT2D eigenvalue weighted by Crippen LogP contribution is -2.44. The predicted octanol–water partition coefficient (Wildman–Crippen LogP) is 2.64. The third-order valence-electron chi connectivity index (χ3n) is 4.76. The number of hydrogen-bond acceptors (Lipinski definition) is 3. The number of rotatable bonds is 4. The van der Waals surface area contributed by atoms with E-state index in [1.165, 1.54) is 32.0 Å². The maximum absolute atomic E-state index is 11.6. The summed E-state index contributed by atoms with van der Waals surface area (Å²) in [7, 11) is 1.80. The van der Waals surface area contributed by atoms with Crippen LogP contribution in [0.4, 0.5) is 0 Å². The highest BCUT2D eigenvalue weighted by Crippen LogP contribution is 2.34. The number of piperidine rings is 1. The number of aldehydes is 1. The second kappa shape index (κ2) is 6.67. The fourth-order valence-corrected chi connectivity index (χ4v) is 3.49. The average molecular weight is 253 g/mol. The van der Waals surface area contributed by atoms with Crippen molar-refractivity contribution in [1.82, 2.24) is 4.90 Å². The number of carbonyl (C=O) groups is 1. The molecule has 1 aliphatic carbocycles. The van der Waals surface area contributed by atoms with Crippen molar-refractivity contribution in [2.75, 3.05) is 26.7 Å². The summed E-state index contributed by atoms with van der Waals surface area (Å²) in [6, 6.07) is 0. The molecule has 2 rings (SSSR count). The molecule has 1 saturated heterocycles. The molecule has 0 aromatic heterocycles. The van der Waals surface area contributed by atoms with Gasteiger partial charge in [0.1, 0.15) is 6.29 Å². The van der Waals surface area contributed by atoms with Crippen molar-refractivity contribution in [2.24, 2.45) is 5.41 Å². The molecule has 0 amide bonds. The van der Waals surface area contributed by atoms with Crippen LogP contribution in [0.15, 0.2) is 0 Å². The van der Waals surface area contributed by atoms with E-state index in [0.717, 1.165) is 45.3 Å². The van der Waals surface area contributed by atoms with E-state index in [4.69, 9.17) is 4.74 Å². The van der Waals surface area contributed by atoms with Gasteiger partial charge < -0.3 is 14.4 Å². The summed E-state index contributed by atoms with van der Waals surface area (Å²) >= 11 is 0.